The van der Waals surface area contributed by atoms with Crippen molar-refractivity contribution in [1.29, 1.82) is 0 Å². The van der Waals surface area contributed by atoms with Crippen LogP contribution in [0.4, 0.5) is 0 Å². The van der Waals surface area contributed by atoms with Crippen molar-refractivity contribution in [3.8, 4) is 5.75 Å². The van der Waals surface area contributed by atoms with Crippen LogP contribution >= 0.6 is 34.4 Å². The van der Waals surface area contributed by atoms with E-state index in [4.69, 9.17) is 14.2 Å². The Morgan fingerprint density at radius 1 is 0.432 bits per heavy atom. The molecule has 0 aliphatic carbocycles. The Balaban J connectivity index is 0.000000159. The van der Waals surface area contributed by atoms with Crippen LogP contribution in [-0.2, 0) is 44.7 Å². The molecule has 8 heteroatoms. The predicted molar refractivity (Wildman–Crippen MR) is 315 cm³/mol. The highest BCUT2D eigenvalue weighted by Gasteiger charge is 2.18. The SMILES string of the molecule is C=CC(=O)OCCOc1ccccc1CCc1cc2ccccc2c2c1sc1ccc3ccccc3c12.C=CC(=O)OCCSc1ccccc1CCc1cc2ccccc2c2c1sc1ccc3ccccc3c12. The number of carbonyl (C=O) groups is 2. The lowest BCUT2D eigenvalue weighted by Gasteiger charge is -2.12. The van der Waals surface area contributed by atoms with E-state index in [0.29, 0.717) is 13.2 Å². The molecule has 0 fully saturated rings. The number of esters is 2. The Kier molecular flexibility index (Phi) is 14.5. The average molecular weight is 1020 g/mol. The molecule has 12 aromatic rings. The summed E-state index contributed by atoms with van der Waals surface area (Å²) in [6.45, 7) is 7.75. The van der Waals surface area contributed by atoms with Gasteiger partial charge in [0.15, 0.2) is 0 Å². The third kappa shape index (κ3) is 10.0. The molecule has 2 aromatic heterocycles. The van der Waals surface area contributed by atoms with Gasteiger partial charge in [0, 0.05) is 63.1 Å². The quantitative estimate of drug-likeness (QED) is 0.0416. The summed E-state index contributed by atoms with van der Waals surface area (Å²) in [7, 11) is 0. The van der Waals surface area contributed by atoms with Crippen LogP contribution in [0.1, 0.15) is 22.3 Å². The molecule has 0 aliphatic heterocycles. The first-order valence-electron chi connectivity index (χ1n) is 24.9. The molecule has 0 aliphatic rings. The van der Waals surface area contributed by atoms with Gasteiger partial charge < -0.3 is 14.2 Å². The highest BCUT2D eigenvalue weighted by molar-refractivity contribution is 7.99. The highest BCUT2D eigenvalue weighted by atomic mass is 32.2. The van der Waals surface area contributed by atoms with Crippen LogP contribution in [0.15, 0.2) is 212 Å². The number of fused-ring (bicyclic) bond motifs is 14. The fourth-order valence-electron chi connectivity index (χ4n) is 10.2. The largest absolute Gasteiger partial charge is 0.490 e. The van der Waals surface area contributed by atoms with Gasteiger partial charge in [-0.05, 0) is 127 Å². The van der Waals surface area contributed by atoms with Gasteiger partial charge in [-0.2, -0.15) is 0 Å². The molecule has 10 aromatic carbocycles. The van der Waals surface area contributed by atoms with Crippen molar-refractivity contribution in [2.75, 3.05) is 25.6 Å². The standard InChI is InChI=1S/C33H26O3S.C33H26O2S2/c1-2-30(34)36-20-19-35-28-14-8-5-10-23(28)15-16-25-21-24-11-4-7-13-27(24)32-31-26-12-6-3-9-22(26)17-18-29(31)37-33(25)32;1-2-30(34)35-19-20-36-28-14-8-5-10-23(28)15-16-25-21-24-11-4-7-13-27(24)32-31-26-12-6-3-9-22(26)17-18-29(31)37-33(25)32/h2*2-14,17-18,21H,1,15-16,19-20H2. The van der Waals surface area contributed by atoms with Crippen molar-refractivity contribution >= 4 is 130 Å². The third-order valence-corrected chi connectivity index (χ3v) is 17.2. The number of rotatable bonds is 16. The van der Waals surface area contributed by atoms with Crippen LogP contribution in [0.5, 0.6) is 5.75 Å². The molecule has 0 saturated heterocycles. The van der Waals surface area contributed by atoms with Gasteiger partial charge >= 0.3 is 11.9 Å². The van der Waals surface area contributed by atoms with E-state index in [9.17, 15) is 9.59 Å². The molecule has 2 heterocycles. The second-order valence-electron chi connectivity index (χ2n) is 18.1. The number of hydrogen-bond acceptors (Lipinski definition) is 8. The number of aryl methyl sites for hydroxylation is 4. The van der Waals surface area contributed by atoms with E-state index in [1.54, 1.807) is 11.8 Å². The summed E-state index contributed by atoms with van der Waals surface area (Å²) < 4.78 is 21.6. The minimum atomic E-state index is -0.437. The van der Waals surface area contributed by atoms with Crippen LogP contribution < -0.4 is 4.74 Å². The van der Waals surface area contributed by atoms with E-state index >= 15 is 0 Å². The third-order valence-electron chi connectivity index (χ3n) is 13.6. The Morgan fingerprint density at radius 2 is 0.865 bits per heavy atom. The Bertz CT molecular complexity index is 3830. The number of benzene rings is 10. The summed E-state index contributed by atoms with van der Waals surface area (Å²) in [5.41, 5.74) is 5.23. The summed E-state index contributed by atoms with van der Waals surface area (Å²) in [6.07, 6.45) is 6.05. The molecule has 0 N–H and O–H groups in total. The van der Waals surface area contributed by atoms with Crippen molar-refractivity contribution < 1.29 is 23.8 Å². The number of thioether (sulfide) groups is 1. The summed E-state index contributed by atoms with van der Waals surface area (Å²) in [4.78, 5) is 23.9. The molecule has 0 unspecified atom stereocenters. The summed E-state index contributed by atoms with van der Waals surface area (Å²) in [5, 5.41) is 15.9. The molecular weight excluding hydrogens is 969 g/mol. The van der Waals surface area contributed by atoms with E-state index in [2.05, 4.69) is 177 Å². The van der Waals surface area contributed by atoms with Crippen LogP contribution in [-0.4, -0.2) is 37.5 Å². The van der Waals surface area contributed by atoms with Gasteiger partial charge in [-0.15, -0.1) is 34.4 Å². The second-order valence-corrected chi connectivity index (χ2v) is 21.3. The summed E-state index contributed by atoms with van der Waals surface area (Å²) in [6, 6.07) is 65.3. The van der Waals surface area contributed by atoms with Gasteiger partial charge in [-0.25, -0.2) is 9.59 Å². The average Bonchev–Trinajstić information content (AvgIpc) is 4.07. The zero-order chi connectivity index (χ0) is 50.4. The zero-order valence-corrected chi connectivity index (χ0v) is 43.3. The first kappa shape index (κ1) is 48.5. The van der Waals surface area contributed by atoms with Crippen molar-refractivity contribution in [1.82, 2.24) is 0 Å². The van der Waals surface area contributed by atoms with Gasteiger partial charge in [0.2, 0.25) is 0 Å². The first-order valence-corrected chi connectivity index (χ1v) is 27.6. The Hall–Kier alpha value is -7.75. The van der Waals surface area contributed by atoms with Crippen LogP contribution in [0.2, 0.25) is 0 Å². The molecule has 364 valence electrons. The Labute approximate surface area is 442 Å². The monoisotopic (exact) mass is 1020 g/mol. The lowest BCUT2D eigenvalue weighted by molar-refractivity contribution is -0.138. The molecule has 0 radical (unpaired) electrons. The fraction of sp³-hybridized carbons (Fsp3) is 0.121. The molecule has 0 amide bonds. The van der Waals surface area contributed by atoms with E-state index < -0.39 is 5.97 Å². The summed E-state index contributed by atoms with van der Waals surface area (Å²) >= 11 is 5.55. The minimum Gasteiger partial charge on any atom is -0.490 e. The topological polar surface area (TPSA) is 61.8 Å². The number of carbonyl (C=O) groups excluding carboxylic acids is 2. The number of thiophene rings is 2. The second kappa shape index (κ2) is 22.2. The number of hydrogen-bond donors (Lipinski definition) is 0. The van der Waals surface area contributed by atoms with E-state index in [0.717, 1.165) is 48.8 Å². The minimum absolute atomic E-state index is 0.195. The lowest BCUT2D eigenvalue weighted by atomic mass is 9.95. The molecular formula is C66H52O5S3. The smallest absolute Gasteiger partial charge is 0.330 e. The maximum absolute atomic E-state index is 11.3. The van der Waals surface area contributed by atoms with Crippen LogP contribution in [0.3, 0.4) is 0 Å². The first-order chi connectivity index (χ1) is 36.4. The van der Waals surface area contributed by atoms with Crippen molar-refractivity contribution in [3.05, 3.63) is 230 Å². The molecule has 0 spiro atoms. The molecule has 12 rings (SSSR count). The molecule has 0 atom stereocenters. The number of para-hydroxylation sites is 1. The van der Waals surface area contributed by atoms with Crippen LogP contribution in [0.25, 0.3) is 83.4 Å². The summed E-state index contributed by atoms with van der Waals surface area (Å²) in [5.74, 6) is 0.746. The Morgan fingerprint density at radius 3 is 1.42 bits per heavy atom. The van der Waals surface area contributed by atoms with Crippen LogP contribution in [0, 0.1) is 0 Å². The normalized spacial score (nSPS) is 11.4. The van der Waals surface area contributed by atoms with Gasteiger partial charge in [0.1, 0.15) is 25.6 Å². The molecule has 0 saturated carbocycles. The lowest BCUT2D eigenvalue weighted by Crippen LogP contribution is -2.11. The van der Waals surface area contributed by atoms with Crippen molar-refractivity contribution in [2.45, 2.75) is 30.6 Å². The number of ether oxygens (including phenoxy) is 3. The van der Waals surface area contributed by atoms with E-state index in [1.807, 2.05) is 40.9 Å². The van der Waals surface area contributed by atoms with Gasteiger partial charge in [-0.3, -0.25) is 0 Å². The highest BCUT2D eigenvalue weighted by Crippen LogP contribution is 2.46. The zero-order valence-electron chi connectivity index (χ0n) is 40.8. The predicted octanol–water partition coefficient (Wildman–Crippen LogP) is 17.2. The molecule has 74 heavy (non-hydrogen) atoms. The maximum atomic E-state index is 11.3. The maximum Gasteiger partial charge on any atom is 0.330 e. The van der Waals surface area contributed by atoms with E-state index in [1.165, 1.54) is 111 Å². The van der Waals surface area contributed by atoms with Crippen molar-refractivity contribution in [2.24, 2.45) is 0 Å². The van der Waals surface area contributed by atoms with Gasteiger partial charge in [0.25, 0.3) is 0 Å². The van der Waals surface area contributed by atoms with Crippen molar-refractivity contribution in [3.63, 3.8) is 0 Å². The van der Waals surface area contributed by atoms with Gasteiger partial charge in [-0.1, -0.05) is 159 Å². The molecule has 0 bridgehead atoms. The van der Waals surface area contributed by atoms with E-state index in [-0.39, 0.29) is 12.6 Å². The molecule has 5 nitrogen and oxygen atoms in total. The van der Waals surface area contributed by atoms with Gasteiger partial charge in [0.05, 0.1) is 0 Å². The fourth-order valence-corrected chi connectivity index (χ4v) is 13.7.